The van der Waals surface area contributed by atoms with Crippen LogP contribution in [0.3, 0.4) is 0 Å². The van der Waals surface area contributed by atoms with Gasteiger partial charge in [-0.3, -0.25) is 4.98 Å². The van der Waals surface area contributed by atoms with Crippen molar-refractivity contribution in [2.75, 3.05) is 0 Å². The summed E-state index contributed by atoms with van der Waals surface area (Å²) in [5.74, 6) is 0. The van der Waals surface area contributed by atoms with Crippen LogP contribution in [0.1, 0.15) is 0 Å². The van der Waals surface area contributed by atoms with E-state index in [-0.39, 0.29) is 0 Å². The van der Waals surface area contributed by atoms with Crippen molar-refractivity contribution >= 4 is 9.05 Å². The average Bonchev–Trinajstić information content (AvgIpc) is 2.07. The highest BCUT2D eigenvalue weighted by atomic mass is 28.4. The van der Waals surface area contributed by atoms with Crippen LogP contribution in [0, 0.1) is 0 Å². The van der Waals surface area contributed by atoms with Crippen molar-refractivity contribution in [3.63, 3.8) is 0 Å². The van der Waals surface area contributed by atoms with E-state index in [1.165, 1.54) is 0 Å². The molecule has 0 unspecified atom stereocenters. The van der Waals surface area contributed by atoms with E-state index >= 15 is 0 Å². The number of rotatable bonds is 1. The molecule has 12 heavy (non-hydrogen) atoms. The van der Waals surface area contributed by atoms with Crippen LogP contribution in [-0.4, -0.2) is 28.4 Å². The molecule has 1 aromatic heterocycles. The lowest BCUT2D eigenvalue weighted by atomic mass is 10.5. The van der Waals surface area contributed by atoms with E-state index in [2.05, 4.69) is 9.61 Å². The number of aromatic nitrogens is 1. The number of pyridine rings is 1. The van der Waals surface area contributed by atoms with E-state index in [0.717, 1.165) is 0 Å². The van der Waals surface area contributed by atoms with Gasteiger partial charge in [-0.15, -0.1) is 0 Å². The molecule has 1 heterocycles. The third-order valence-electron chi connectivity index (χ3n) is 0.670. The summed E-state index contributed by atoms with van der Waals surface area (Å²) in [6.07, 6.45) is 3.50. The summed E-state index contributed by atoms with van der Waals surface area (Å²) in [6, 6.07) is 5.72. The van der Waals surface area contributed by atoms with Gasteiger partial charge in [-0.2, -0.15) is 4.63 Å². The second-order valence-corrected chi connectivity index (χ2v) is 2.98. The number of hydrogen-bond donors (Lipinski definition) is 3. The topological polar surface area (TPSA) is 82.8 Å². The minimum atomic E-state index is -4.80. The first kappa shape index (κ1) is 11.1. The third kappa shape index (κ3) is 9.14. The maximum Gasteiger partial charge on any atom is 0.703 e. The Morgan fingerprint density at radius 2 is 1.50 bits per heavy atom. The highest BCUT2D eigenvalue weighted by molar-refractivity contribution is 6.48. The molecule has 68 valence electrons. The zero-order chi connectivity index (χ0) is 9.45. The second kappa shape index (κ2) is 5.74. The molecule has 0 aliphatic heterocycles. The molecule has 0 radical (unpaired) electrons. The van der Waals surface area contributed by atoms with E-state index < -0.39 is 9.05 Å². The van der Waals surface area contributed by atoms with Gasteiger partial charge in [0.2, 0.25) is 0 Å². The van der Waals surface area contributed by atoms with Crippen molar-refractivity contribution in [1.29, 1.82) is 0 Å². The first-order valence-electron chi connectivity index (χ1n) is 2.88. The van der Waals surface area contributed by atoms with Gasteiger partial charge >= 0.3 is 9.05 Å². The first-order valence-corrected chi connectivity index (χ1v) is 4.63. The molecule has 0 bridgehead atoms. The van der Waals surface area contributed by atoms with Gasteiger partial charge in [0.1, 0.15) is 0 Å². The fourth-order valence-corrected chi connectivity index (χ4v) is 0.313. The zero-order valence-electron chi connectivity index (χ0n) is 5.96. The Balaban J connectivity index is 0.000000202. The summed E-state index contributed by atoms with van der Waals surface area (Å²) in [5, 5.41) is 0. The van der Waals surface area contributed by atoms with Crippen LogP contribution < -0.4 is 0 Å². The third-order valence-corrected chi connectivity index (χ3v) is 0.877. The van der Waals surface area contributed by atoms with Gasteiger partial charge in [0, 0.05) is 12.4 Å². The van der Waals surface area contributed by atoms with Crippen molar-refractivity contribution in [3.05, 3.63) is 30.6 Å². The molecule has 0 fully saturated rings. The fourth-order valence-electron chi connectivity index (χ4n) is 0.313. The van der Waals surface area contributed by atoms with Crippen LogP contribution in [0.4, 0.5) is 4.53 Å². The van der Waals surface area contributed by atoms with Crippen molar-refractivity contribution < 1.29 is 23.5 Å². The van der Waals surface area contributed by atoms with Gasteiger partial charge in [0.05, 0.1) is 0 Å². The largest absolute Gasteiger partial charge is 0.703 e. The zero-order valence-corrected chi connectivity index (χ0v) is 6.96. The quantitative estimate of drug-likeness (QED) is 0.518. The lowest BCUT2D eigenvalue weighted by Crippen LogP contribution is -2.35. The van der Waals surface area contributed by atoms with E-state index in [1.807, 2.05) is 18.2 Å². The van der Waals surface area contributed by atoms with E-state index in [4.69, 9.17) is 14.4 Å². The summed E-state index contributed by atoms with van der Waals surface area (Å²) in [4.78, 5) is 26.2. The van der Waals surface area contributed by atoms with Gasteiger partial charge in [0.15, 0.2) is 0 Å². The Hall–Kier alpha value is -0.863. The van der Waals surface area contributed by atoms with Crippen molar-refractivity contribution in [1.82, 2.24) is 4.98 Å². The van der Waals surface area contributed by atoms with Crippen molar-refractivity contribution in [3.8, 4) is 0 Å². The van der Waals surface area contributed by atoms with Gasteiger partial charge in [-0.1, -0.05) is 10.6 Å². The predicted octanol–water partition coefficient (Wildman–Crippen LogP) is -0.618. The van der Waals surface area contributed by atoms with E-state index in [9.17, 15) is 4.53 Å². The van der Waals surface area contributed by atoms with Gasteiger partial charge < -0.3 is 14.4 Å². The molecule has 1 aromatic rings. The van der Waals surface area contributed by atoms with Crippen LogP contribution in [0.15, 0.2) is 30.6 Å². The molecule has 5 nitrogen and oxygen atoms in total. The normalized spacial score (nSPS) is 10.0. The minimum absolute atomic E-state index is 1.75. The summed E-state index contributed by atoms with van der Waals surface area (Å²) in [5.41, 5.74) is 0. The number of nitrogens with zero attached hydrogens (tertiary/aromatic N) is 1. The van der Waals surface area contributed by atoms with E-state index in [0.29, 0.717) is 0 Å². The van der Waals surface area contributed by atoms with Crippen LogP contribution in [0.2, 0.25) is 0 Å². The summed E-state index contributed by atoms with van der Waals surface area (Å²) in [7, 11) is -4.80. The van der Waals surface area contributed by atoms with Crippen molar-refractivity contribution in [2.24, 2.45) is 0 Å². The predicted molar refractivity (Wildman–Crippen MR) is 38.8 cm³/mol. The summed E-state index contributed by atoms with van der Waals surface area (Å²) >= 11 is 0. The van der Waals surface area contributed by atoms with Crippen LogP contribution >= 0.6 is 0 Å². The van der Waals surface area contributed by atoms with Crippen molar-refractivity contribution in [2.45, 2.75) is 0 Å². The van der Waals surface area contributed by atoms with Gasteiger partial charge in [-0.05, 0) is 12.1 Å². The Bertz CT molecular complexity index is 166. The number of halogens is 1. The van der Waals surface area contributed by atoms with Gasteiger partial charge in [-0.25, -0.2) is 0 Å². The molecular formula is C5H8FNO4Si. The average molecular weight is 193 g/mol. The molecular weight excluding hydrogens is 185 g/mol. The lowest BCUT2D eigenvalue weighted by Gasteiger charge is -1.96. The Morgan fingerprint density at radius 1 is 1.08 bits per heavy atom. The number of hydrogen-bond acceptors (Lipinski definition) is 5. The lowest BCUT2D eigenvalue weighted by molar-refractivity contribution is -0.111. The van der Waals surface area contributed by atoms with Crippen LogP contribution in [0.25, 0.3) is 0 Å². The molecule has 3 N–H and O–H groups in total. The fraction of sp³-hybridized carbons (Fsp3) is 0. The minimum Gasteiger partial charge on any atom is -0.366 e. The Kier molecular flexibility index (Phi) is 5.33. The maximum absolute atomic E-state index is 10.3. The Morgan fingerprint density at radius 3 is 1.58 bits per heavy atom. The molecule has 0 aliphatic rings. The molecule has 0 amide bonds. The summed E-state index contributed by atoms with van der Waals surface area (Å²) in [6.45, 7) is 0. The molecule has 7 heteroatoms. The summed E-state index contributed by atoms with van der Waals surface area (Å²) < 4.78 is 12.6. The molecule has 0 aliphatic carbocycles. The molecule has 0 saturated heterocycles. The standard InChI is InChI=1S/C5H5N.FH3O4Si/c1-2-4-6-5-3-1;1-5-6(2,3)4/h1-5H;2-4H. The highest BCUT2D eigenvalue weighted by Crippen LogP contribution is 1.85. The van der Waals surface area contributed by atoms with Gasteiger partial charge in [0.25, 0.3) is 0 Å². The molecule has 0 aromatic carbocycles. The molecule has 0 spiro atoms. The SMILES string of the molecule is O[Si](O)(O)OF.c1ccncc1. The molecule has 0 atom stereocenters. The highest BCUT2D eigenvalue weighted by Gasteiger charge is 2.31. The smallest absolute Gasteiger partial charge is 0.366 e. The monoisotopic (exact) mass is 193 g/mol. The maximum atomic E-state index is 10.3. The van der Waals surface area contributed by atoms with E-state index in [1.54, 1.807) is 12.4 Å². The first-order chi connectivity index (χ1) is 5.56. The second-order valence-electron chi connectivity index (χ2n) is 1.68. The van der Waals surface area contributed by atoms with Crippen LogP contribution in [0.5, 0.6) is 0 Å². The molecule has 1 rings (SSSR count). The Labute approximate surface area is 69.1 Å². The molecule has 0 saturated carbocycles. The van der Waals surface area contributed by atoms with Crippen LogP contribution in [-0.2, 0) is 4.63 Å².